The van der Waals surface area contributed by atoms with Crippen LogP contribution < -0.4 is 4.74 Å². The highest BCUT2D eigenvalue weighted by molar-refractivity contribution is 7.98. The highest BCUT2D eigenvalue weighted by Gasteiger charge is 2.16. The molecule has 138 valence electrons. The summed E-state index contributed by atoms with van der Waals surface area (Å²) < 4.78 is 12.8. The number of nitrogens with zero attached hydrogens (tertiary/aromatic N) is 4. The maximum absolute atomic E-state index is 5.46. The summed E-state index contributed by atoms with van der Waals surface area (Å²) in [6.07, 6.45) is 1.65. The van der Waals surface area contributed by atoms with Crippen LogP contribution in [0.2, 0.25) is 0 Å². The van der Waals surface area contributed by atoms with Crippen LogP contribution in [-0.4, -0.2) is 26.9 Å². The maximum atomic E-state index is 5.46. The van der Waals surface area contributed by atoms with Crippen LogP contribution in [0.15, 0.2) is 57.6 Å². The lowest BCUT2D eigenvalue weighted by atomic mass is 10.2. The summed E-state index contributed by atoms with van der Waals surface area (Å²) in [6.45, 7) is 2.85. The van der Waals surface area contributed by atoms with Gasteiger partial charge >= 0.3 is 0 Å². The van der Waals surface area contributed by atoms with Gasteiger partial charge in [-0.1, -0.05) is 23.9 Å². The van der Waals surface area contributed by atoms with Gasteiger partial charge < -0.3 is 9.15 Å². The third-order valence-corrected chi connectivity index (χ3v) is 5.93. The molecule has 0 aliphatic heterocycles. The Bertz CT molecular complexity index is 1020. The molecule has 3 heterocycles. The second-order valence-corrected chi connectivity index (χ2v) is 7.49. The van der Waals surface area contributed by atoms with Crippen molar-refractivity contribution in [1.82, 2.24) is 19.7 Å². The molecule has 0 bridgehead atoms. The van der Waals surface area contributed by atoms with Crippen LogP contribution >= 0.6 is 23.1 Å². The van der Waals surface area contributed by atoms with Gasteiger partial charge in [0.2, 0.25) is 0 Å². The van der Waals surface area contributed by atoms with Crippen molar-refractivity contribution >= 4 is 23.1 Å². The van der Waals surface area contributed by atoms with E-state index in [0.29, 0.717) is 0 Å². The molecule has 0 saturated carbocycles. The first-order valence-electron chi connectivity index (χ1n) is 8.47. The molecule has 4 rings (SSSR count). The summed E-state index contributed by atoms with van der Waals surface area (Å²) in [7, 11) is 1.67. The maximum Gasteiger partial charge on any atom is 0.200 e. The SMILES string of the molecule is CCn1c(SCc2csc(-c3cccc(OC)c3)n2)nnc1-c1ccco1. The van der Waals surface area contributed by atoms with Crippen molar-refractivity contribution in [2.45, 2.75) is 24.4 Å². The van der Waals surface area contributed by atoms with Crippen molar-refractivity contribution in [2.24, 2.45) is 0 Å². The fraction of sp³-hybridized carbons (Fsp3) is 0.211. The Morgan fingerprint density at radius 2 is 2.15 bits per heavy atom. The van der Waals surface area contributed by atoms with E-state index in [-0.39, 0.29) is 0 Å². The molecule has 3 aromatic heterocycles. The topological polar surface area (TPSA) is 66.0 Å². The Morgan fingerprint density at radius 1 is 1.22 bits per heavy atom. The molecule has 0 amide bonds. The third kappa shape index (κ3) is 3.77. The fourth-order valence-electron chi connectivity index (χ4n) is 2.67. The molecule has 8 heteroatoms. The van der Waals surface area contributed by atoms with E-state index in [2.05, 4.69) is 27.1 Å². The second-order valence-electron chi connectivity index (χ2n) is 5.69. The van der Waals surface area contributed by atoms with Crippen LogP contribution in [0.3, 0.4) is 0 Å². The predicted octanol–water partition coefficient (Wildman–Crippen LogP) is 4.98. The molecule has 0 N–H and O–H groups in total. The average Bonchev–Trinajstić information content (AvgIpc) is 3.46. The minimum absolute atomic E-state index is 0.727. The molecule has 0 saturated heterocycles. The van der Waals surface area contributed by atoms with Crippen LogP contribution in [-0.2, 0) is 12.3 Å². The molecular weight excluding hydrogens is 380 g/mol. The standard InChI is InChI=1S/C19H18N4O2S2/c1-3-23-17(16-8-5-9-25-16)21-22-19(23)27-12-14-11-26-18(20-14)13-6-4-7-15(10-13)24-2/h4-11H,3,12H2,1-2H3. The lowest BCUT2D eigenvalue weighted by Crippen LogP contribution is -1.99. The van der Waals surface area contributed by atoms with Crippen LogP contribution in [0.5, 0.6) is 5.75 Å². The minimum Gasteiger partial charge on any atom is -0.497 e. The number of aromatic nitrogens is 4. The van der Waals surface area contributed by atoms with Crippen molar-refractivity contribution in [2.75, 3.05) is 7.11 Å². The molecule has 4 aromatic rings. The zero-order valence-corrected chi connectivity index (χ0v) is 16.6. The first-order chi connectivity index (χ1) is 13.3. The molecule has 0 aliphatic carbocycles. The number of furan rings is 1. The summed E-state index contributed by atoms with van der Waals surface area (Å²) in [4.78, 5) is 4.75. The van der Waals surface area contributed by atoms with Crippen molar-refractivity contribution < 1.29 is 9.15 Å². The van der Waals surface area contributed by atoms with Gasteiger partial charge in [-0.25, -0.2) is 4.98 Å². The van der Waals surface area contributed by atoms with Gasteiger partial charge in [0.25, 0.3) is 0 Å². The molecule has 0 atom stereocenters. The van der Waals surface area contributed by atoms with E-state index in [1.54, 1.807) is 36.5 Å². The van der Waals surface area contributed by atoms with Gasteiger partial charge in [-0.3, -0.25) is 4.57 Å². The zero-order valence-electron chi connectivity index (χ0n) is 15.0. The van der Waals surface area contributed by atoms with Gasteiger partial charge in [0.1, 0.15) is 10.8 Å². The van der Waals surface area contributed by atoms with Crippen LogP contribution in [0.1, 0.15) is 12.6 Å². The monoisotopic (exact) mass is 398 g/mol. The molecule has 0 spiro atoms. The smallest absolute Gasteiger partial charge is 0.200 e. The Morgan fingerprint density at radius 3 is 2.93 bits per heavy atom. The first kappa shape index (κ1) is 17.8. The summed E-state index contributed by atoms with van der Waals surface area (Å²) >= 11 is 3.26. The Kier molecular flexibility index (Phi) is 5.26. The van der Waals surface area contributed by atoms with E-state index in [4.69, 9.17) is 14.1 Å². The number of hydrogen-bond acceptors (Lipinski definition) is 7. The molecule has 0 fully saturated rings. The largest absolute Gasteiger partial charge is 0.497 e. The molecule has 1 aromatic carbocycles. The fourth-order valence-corrected chi connectivity index (χ4v) is 4.49. The van der Waals surface area contributed by atoms with Crippen molar-refractivity contribution in [3.05, 3.63) is 53.7 Å². The van der Waals surface area contributed by atoms with Crippen molar-refractivity contribution in [1.29, 1.82) is 0 Å². The second kappa shape index (κ2) is 7.98. The molecule has 0 aliphatic rings. The summed E-state index contributed by atoms with van der Waals surface area (Å²) in [5, 5.41) is 12.5. The summed E-state index contributed by atoms with van der Waals surface area (Å²) in [6, 6.07) is 11.7. The predicted molar refractivity (Wildman–Crippen MR) is 107 cm³/mol. The van der Waals surface area contributed by atoms with Gasteiger partial charge in [0.15, 0.2) is 16.7 Å². The Hall–Kier alpha value is -2.58. The normalized spacial score (nSPS) is 11.0. The summed E-state index contributed by atoms with van der Waals surface area (Å²) in [5.74, 6) is 3.04. The van der Waals surface area contributed by atoms with E-state index in [0.717, 1.165) is 51.1 Å². The summed E-state index contributed by atoms with van der Waals surface area (Å²) in [5.41, 5.74) is 2.08. The average molecular weight is 399 g/mol. The third-order valence-electron chi connectivity index (χ3n) is 3.99. The van der Waals surface area contributed by atoms with Gasteiger partial charge in [-0.2, -0.15) is 0 Å². The van der Waals surface area contributed by atoms with E-state index < -0.39 is 0 Å². The molecule has 6 nitrogen and oxygen atoms in total. The quantitative estimate of drug-likeness (QED) is 0.409. The van der Waals surface area contributed by atoms with E-state index >= 15 is 0 Å². The van der Waals surface area contributed by atoms with Crippen LogP contribution in [0.25, 0.3) is 22.2 Å². The Balaban J connectivity index is 1.49. The lowest BCUT2D eigenvalue weighted by molar-refractivity contribution is 0.415. The Labute approximate surface area is 165 Å². The zero-order chi connectivity index (χ0) is 18.6. The van der Waals surface area contributed by atoms with Gasteiger partial charge in [-0.15, -0.1) is 21.5 Å². The first-order valence-corrected chi connectivity index (χ1v) is 10.3. The number of ether oxygens (including phenoxy) is 1. The van der Waals surface area contributed by atoms with Gasteiger partial charge in [-0.05, 0) is 31.2 Å². The number of thioether (sulfide) groups is 1. The van der Waals surface area contributed by atoms with Gasteiger partial charge in [0, 0.05) is 23.2 Å². The van der Waals surface area contributed by atoms with E-state index in [1.807, 2.05) is 36.4 Å². The number of hydrogen-bond donors (Lipinski definition) is 0. The van der Waals surface area contributed by atoms with Gasteiger partial charge in [0.05, 0.1) is 19.1 Å². The molecule has 0 radical (unpaired) electrons. The lowest BCUT2D eigenvalue weighted by Gasteiger charge is -2.04. The number of methoxy groups -OCH3 is 1. The molecule has 27 heavy (non-hydrogen) atoms. The minimum atomic E-state index is 0.727. The van der Waals surface area contributed by atoms with Crippen molar-refractivity contribution in [3.63, 3.8) is 0 Å². The van der Waals surface area contributed by atoms with E-state index in [1.165, 1.54) is 0 Å². The molecular formula is C19H18N4O2S2. The highest BCUT2D eigenvalue weighted by atomic mass is 32.2. The van der Waals surface area contributed by atoms with Crippen LogP contribution in [0, 0.1) is 0 Å². The highest BCUT2D eigenvalue weighted by Crippen LogP contribution is 2.30. The molecule has 0 unspecified atom stereocenters. The van der Waals surface area contributed by atoms with Crippen molar-refractivity contribution in [3.8, 4) is 27.9 Å². The van der Waals surface area contributed by atoms with E-state index in [9.17, 15) is 0 Å². The van der Waals surface area contributed by atoms with Crippen LogP contribution in [0.4, 0.5) is 0 Å². The number of rotatable bonds is 7. The number of thiazole rings is 1. The number of benzene rings is 1.